The van der Waals surface area contributed by atoms with Crippen molar-refractivity contribution in [1.82, 2.24) is 19.7 Å². The molecule has 0 aliphatic heterocycles. The molecule has 0 fully saturated rings. The minimum absolute atomic E-state index is 0.686. The molecule has 5 nitrogen and oxygen atoms in total. The van der Waals surface area contributed by atoms with Gasteiger partial charge in [0.15, 0.2) is 5.49 Å². The number of benzene rings is 2. The van der Waals surface area contributed by atoms with E-state index in [2.05, 4.69) is 64.4 Å². The van der Waals surface area contributed by atoms with Crippen molar-refractivity contribution in [3.8, 4) is 22.3 Å². The Morgan fingerprint density at radius 3 is 1.78 bits per heavy atom. The molecular weight excluding hydrogens is 586 g/mol. The van der Waals surface area contributed by atoms with E-state index in [1.165, 1.54) is 11.1 Å². The molecule has 250 valence electrons. The Morgan fingerprint density at radius 1 is 0.804 bits per heavy atom. The first-order valence-corrected chi connectivity index (χ1v) is 17.0. The van der Waals surface area contributed by atoms with E-state index in [9.17, 15) is 0 Å². The monoisotopic (exact) mass is 643 g/mol. The molecule has 4 rings (SSSR count). The molecule has 0 bridgehead atoms. The zero-order valence-corrected chi connectivity index (χ0v) is 31.3. The molecular formula is C40H58ClN5. The molecule has 2 aromatic heterocycles. The van der Waals surface area contributed by atoms with Crippen LogP contribution in [-0.2, 0) is 12.8 Å². The molecule has 0 amide bonds. The van der Waals surface area contributed by atoms with Gasteiger partial charge in [-0.2, -0.15) is 5.10 Å². The fraction of sp³-hybridized carbons (Fsp3) is 0.350. The van der Waals surface area contributed by atoms with Gasteiger partial charge in [-0.05, 0) is 47.7 Å². The molecule has 2 heterocycles. The number of rotatable bonds is 7. The Hall–Kier alpha value is -4.09. The first kappa shape index (κ1) is 44.0. The van der Waals surface area contributed by atoms with Crippen molar-refractivity contribution in [3.05, 3.63) is 120 Å². The maximum atomic E-state index is 6.02. The van der Waals surface area contributed by atoms with Crippen LogP contribution in [0.4, 0.5) is 0 Å². The van der Waals surface area contributed by atoms with Gasteiger partial charge in [-0.1, -0.05) is 143 Å². The second-order valence-electron chi connectivity index (χ2n) is 8.43. The summed E-state index contributed by atoms with van der Waals surface area (Å²) in [4.78, 5) is 13.3. The zero-order chi connectivity index (χ0) is 35.5. The molecule has 0 radical (unpaired) electrons. The van der Waals surface area contributed by atoms with E-state index in [4.69, 9.17) is 11.6 Å². The molecule has 2 aromatic carbocycles. The Labute approximate surface area is 285 Å². The van der Waals surface area contributed by atoms with Crippen LogP contribution in [0, 0.1) is 0 Å². The standard InChI is InChI=1S/C19H18ClN5.C13H16.4C2H6/c1-4-17-22-10-14(11-23-17)18-16(13-6-8-15(20)9-7-13)12-24-25(5-2)19(18)21-3;1-4-6-11(3)13-9-7-12(5-2)8-10-13;4*1-2/h5-12H,2,4H2,1,3H3;4,6-10H,3,5H2,1-2H3;4*1-2H3/b;6-4-;;;;. The lowest BCUT2D eigenvalue weighted by molar-refractivity contribution is 0.828. The highest BCUT2D eigenvalue weighted by Crippen LogP contribution is 2.29. The highest BCUT2D eigenvalue weighted by molar-refractivity contribution is 6.30. The van der Waals surface area contributed by atoms with Crippen molar-refractivity contribution in [2.24, 2.45) is 4.99 Å². The molecule has 0 aliphatic rings. The lowest BCUT2D eigenvalue weighted by Crippen LogP contribution is -2.22. The van der Waals surface area contributed by atoms with Gasteiger partial charge < -0.3 is 0 Å². The smallest absolute Gasteiger partial charge is 0.157 e. The van der Waals surface area contributed by atoms with Gasteiger partial charge in [-0.15, -0.1) is 0 Å². The summed E-state index contributed by atoms with van der Waals surface area (Å²) in [5.74, 6) is 0.803. The normalized spacial score (nSPS) is 9.80. The Morgan fingerprint density at radius 2 is 1.35 bits per heavy atom. The van der Waals surface area contributed by atoms with E-state index in [1.54, 1.807) is 24.1 Å². The fourth-order valence-electron chi connectivity index (χ4n) is 3.87. The largest absolute Gasteiger partial charge is 0.270 e. The maximum absolute atomic E-state index is 6.02. The number of hydrogen-bond acceptors (Lipinski definition) is 4. The van der Waals surface area contributed by atoms with Crippen molar-refractivity contribution < 1.29 is 0 Å². The average Bonchev–Trinajstić information content (AvgIpc) is 3.15. The van der Waals surface area contributed by atoms with E-state index in [0.29, 0.717) is 10.5 Å². The molecule has 0 saturated carbocycles. The number of hydrogen-bond donors (Lipinski definition) is 0. The van der Waals surface area contributed by atoms with Gasteiger partial charge in [0.25, 0.3) is 0 Å². The molecule has 6 heteroatoms. The van der Waals surface area contributed by atoms with Crippen LogP contribution in [0.25, 0.3) is 34.0 Å². The van der Waals surface area contributed by atoms with E-state index in [1.807, 2.05) is 118 Å². The van der Waals surface area contributed by atoms with Gasteiger partial charge in [0.1, 0.15) is 5.82 Å². The molecule has 0 aliphatic carbocycles. The molecule has 0 spiro atoms. The van der Waals surface area contributed by atoms with Gasteiger partial charge in [-0.3, -0.25) is 4.99 Å². The van der Waals surface area contributed by atoms with Crippen molar-refractivity contribution in [2.45, 2.75) is 89.0 Å². The van der Waals surface area contributed by atoms with Gasteiger partial charge >= 0.3 is 0 Å². The summed E-state index contributed by atoms with van der Waals surface area (Å²) in [6, 6.07) is 16.2. The van der Waals surface area contributed by atoms with Crippen LogP contribution in [0.3, 0.4) is 0 Å². The summed E-state index contributed by atoms with van der Waals surface area (Å²) in [7, 11) is 1.73. The van der Waals surface area contributed by atoms with Crippen LogP contribution in [0.1, 0.15) is 93.1 Å². The van der Waals surface area contributed by atoms with Crippen LogP contribution in [0.5, 0.6) is 0 Å². The number of allylic oxidation sites excluding steroid dienone is 3. The summed E-state index contributed by atoms with van der Waals surface area (Å²) >= 11 is 6.02. The van der Waals surface area contributed by atoms with Crippen LogP contribution in [-0.4, -0.2) is 26.8 Å². The zero-order valence-electron chi connectivity index (χ0n) is 30.5. The fourth-order valence-corrected chi connectivity index (χ4v) is 4.00. The third-order valence-electron chi connectivity index (χ3n) is 5.97. The summed E-state index contributed by atoms with van der Waals surface area (Å²) in [6.07, 6.45) is 13.0. The van der Waals surface area contributed by atoms with E-state index in [-0.39, 0.29) is 0 Å². The van der Waals surface area contributed by atoms with Crippen LogP contribution < -0.4 is 5.49 Å². The van der Waals surface area contributed by atoms with Crippen molar-refractivity contribution >= 4 is 23.4 Å². The highest BCUT2D eigenvalue weighted by atomic mass is 35.5. The minimum Gasteiger partial charge on any atom is -0.270 e. The molecule has 0 N–H and O–H groups in total. The molecule has 4 aromatic rings. The predicted molar refractivity (Wildman–Crippen MR) is 206 cm³/mol. The van der Waals surface area contributed by atoms with Crippen LogP contribution in [0.15, 0.2) is 97.4 Å². The summed E-state index contributed by atoms with van der Waals surface area (Å²) in [6.45, 7) is 30.0. The molecule has 0 atom stereocenters. The number of aromatic nitrogens is 4. The van der Waals surface area contributed by atoms with E-state index in [0.717, 1.165) is 46.5 Å². The third kappa shape index (κ3) is 13.9. The number of halogens is 1. The number of nitrogens with zero attached hydrogens (tertiary/aromatic N) is 5. The van der Waals surface area contributed by atoms with Gasteiger partial charge in [-0.25, -0.2) is 14.6 Å². The van der Waals surface area contributed by atoms with Crippen LogP contribution >= 0.6 is 11.6 Å². The first-order valence-electron chi connectivity index (χ1n) is 16.6. The average molecular weight is 644 g/mol. The second-order valence-corrected chi connectivity index (χ2v) is 8.87. The van der Waals surface area contributed by atoms with E-state index < -0.39 is 0 Å². The molecule has 46 heavy (non-hydrogen) atoms. The van der Waals surface area contributed by atoms with Crippen LogP contribution in [0.2, 0.25) is 5.02 Å². The van der Waals surface area contributed by atoms with E-state index >= 15 is 0 Å². The summed E-state index contributed by atoms with van der Waals surface area (Å²) < 4.78 is 1.64. The van der Waals surface area contributed by atoms with Gasteiger partial charge in [0.05, 0.1) is 6.20 Å². The number of aryl methyl sites for hydroxylation is 2. The first-order chi connectivity index (χ1) is 22.4. The van der Waals surface area contributed by atoms with Gasteiger partial charge in [0, 0.05) is 53.8 Å². The minimum atomic E-state index is 0.686. The topological polar surface area (TPSA) is 56.0 Å². The lowest BCUT2D eigenvalue weighted by Gasteiger charge is -2.13. The highest BCUT2D eigenvalue weighted by Gasteiger charge is 2.14. The van der Waals surface area contributed by atoms with Gasteiger partial charge in [0.2, 0.25) is 0 Å². The Bertz CT molecular complexity index is 1460. The summed E-state index contributed by atoms with van der Waals surface area (Å²) in [5, 5.41) is 5.10. The van der Waals surface area contributed by atoms with Crippen molar-refractivity contribution in [2.75, 3.05) is 7.05 Å². The van der Waals surface area contributed by atoms with Crippen molar-refractivity contribution in [3.63, 3.8) is 0 Å². The third-order valence-corrected chi connectivity index (χ3v) is 6.22. The second kappa shape index (κ2) is 27.2. The van der Waals surface area contributed by atoms with Crippen molar-refractivity contribution in [1.29, 1.82) is 0 Å². The Kier molecular flexibility index (Phi) is 26.1. The lowest BCUT2D eigenvalue weighted by atomic mass is 9.99. The quantitative estimate of drug-likeness (QED) is 0.188. The predicted octanol–water partition coefficient (Wildman–Crippen LogP) is 11.8. The summed E-state index contributed by atoms with van der Waals surface area (Å²) in [5.41, 5.74) is 8.05. The SMILES string of the molecule is C=C(/C=C\C)c1ccc(CC)cc1.C=Cn1ncc(-c2ccc(Cl)cc2)c(-c2cnc(CC)nc2)c1=NC.CC.CC.CC.CC. The Balaban J connectivity index is 0. The maximum Gasteiger partial charge on any atom is 0.157 e. The molecule has 0 saturated heterocycles. The molecule has 0 unspecified atom stereocenters.